The van der Waals surface area contributed by atoms with E-state index in [2.05, 4.69) is 42.0 Å². The van der Waals surface area contributed by atoms with Gasteiger partial charge in [0.05, 0.1) is 0 Å². The normalized spacial score (nSPS) is 21.6. The summed E-state index contributed by atoms with van der Waals surface area (Å²) in [7, 11) is 0. The SMILES string of the molecule is CCCNC(c1cncc(C)c1)C1CCCS1. The number of aryl methyl sites for hydroxylation is 1. The molecule has 0 saturated carbocycles. The van der Waals surface area contributed by atoms with Crippen molar-refractivity contribution in [3.05, 3.63) is 29.6 Å². The van der Waals surface area contributed by atoms with Crippen LogP contribution in [0.15, 0.2) is 18.5 Å². The van der Waals surface area contributed by atoms with Crippen LogP contribution in [0.5, 0.6) is 0 Å². The molecule has 0 radical (unpaired) electrons. The number of aromatic nitrogens is 1. The number of nitrogens with one attached hydrogen (secondary N) is 1. The highest BCUT2D eigenvalue weighted by molar-refractivity contribution is 8.00. The summed E-state index contributed by atoms with van der Waals surface area (Å²) in [5, 5.41) is 4.42. The number of nitrogens with zero attached hydrogens (tertiary/aromatic N) is 1. The van der Waals surface area contributed by atoms with Crippen molar-refractivity contribution in [3.63, 3.8) is 0 Å². The van der Waals surface area contributed by atoms with E-state index in [1.165, 1.54) is 36.1 Å². The summed E-state index contributed by atoms with van der Waals surface area (Å²) >= 11 is 2.11. The first-order valence-corrected chi connectivity index (χ1v) is 7.62. The molecule has 1 aliphatic rings. The first-order chi connectivity index (χ1) is 8.31. The van der Waals surface area contributed by atoms with Gasteiger partial charge in [-0.05, 0) is 49.6 Å². The van der Waals surface area contributed by atoms with E-state index in [0.717, 1.165) is 11.8 Å². The van der Waals surface area contributed by atoms with Crippen LogP contribution in [0.1, 0.15) is 43.4 Å². The van der Waals surface area contributed by atoms with Crippen molar-refractivity contribution in [2.45, 2.75) is 44.4 Å². The van der Waals surface area contributed by atoms with Crippen molar-refractivity contribution in [2.24, 2.45) is 0 Å². The lowest BCUT2D eigenvalue weighted by Gasteiger charge is -2.24. The second kappa shape index (κ2) is 6.41. The number of hydrogen-bond acceptors (Lipinski definition) is 3. The minimum Gasteiger partial charge on any atom is -0.309 e. The number of pyridine rings is 1. The molecule has 3 heteroatoms. The summed E-state index contributed by atoms with van der Waals surface area (Å²) in [6, 6.07) is 2.76. The van der Waals surface area contributed by atoms with Gasteiger partial charge >= 0.3 is 0 Å². The van der Waals surface area contributed by atoms with Gasteiger partial charge in [-0.2, -0.15) is 11.8 Å². The fourth-order valence-corrected chi connectivity index (χ4v) is 3.79. The van der Waals surface area contributed by atoms with Gasteiger partial charge in [0.2, 0.25) is 0 Å². The van der Waals surface area contributed by atoms with Crippen LogP contribution >= 0.6 is 11.8 Å². The van der Waals surface area contributed by atoms with Crippen molar-refractivity contribution in [1.29, 1.82) is 0 Å². The average molecular weight is 250 g/mol. The fraction of sp³-hybridized carbons (Fsp3) is 0.643. The van der Waals surface area contributed by atoms with Crippen LogP contribution in [-0.2, 0) is 0 Å². The Morgan fingerprint density at radius 3 is 3.06 bits per heavy atom. The molecule has 0 amide bonds. The first-order valence-electron chi connectivity index (χ1n) is 6.58. The Kier molecular flexibility index (Phi) is 4.86. The van der Waals surface area contributed by atoms with E-state index in [1.54, 1.807) is 0 Å². The molecule has 1 N–H and O–H groups in total. The molecule has 0 spiro atoms. The molecule has 2 unspecified atom stereocenters. The Balaban J connectivity index is 2.13. The molecule has 1 aromatic rings. The average Bonchev–Trinajstić information content (AvgIpc) is 2.83. The van der Waals surface area contributed by atoms with Crippen molar-refractivity contribution in [1.82, 2.24) is 10.3 Å². The number of rotatable bonds is 5. The largest absolute Gasteiger partial charge is 0.309 e. The van der Waals surface area contributed by atoms with Crippen LogP contribution in [0.2, 0.25) is 0 Å². The highest BCUT2D eigenvalue weighted by atomic mass is 32.2. The summed E-state index contributed by atoms with van der Waals surface area (Å²) < 4.78 is 0. The van der Waals surface area contributed by atoms with E-state index in [9.17, 15) is 0 Å². The van der Waals surface area contributed by atoms with Crippen molar-refractivity contribution in [2.75, 3.05) is 12.3 Å². The van der Waals surface area contributed by atoms with Crippen molar-refractivity contribution in [3.8, 4) is 0 Å². The monoisotopic (exact) mass is 250 g/mol. The lowest BCUT2D eigenvalue weighted by molar-refractivity contribution is 0.502. The van der Waals surface area contributed by atoms with E-state index in [1.807, 2.05) is 12.4 Å². The second-order valence-corrected chi connectivity index (χ2v) is 6.13. The molecule has 1 aliphatic heterocycles. The molecule has 2 nitrogen and oxygen atoms in total. The predicted molar refractivity (Wildman–Crippen MR) is 75.5 cm³/mol. The smallest absolute Gasteiger partial charge is 0.0456 e. The topological polar surface area (TPSA) is 24.9 Å². The Bertz CT molecular complexity index is 348. The number of hydrogen-bond donors (Lipinski definition) is 1. The Labute approximate surface area is 109 Å². The maximum Gasteiger partial charge on any atom is 0.0456 e. The van der Waals surface area contributed by atoms with E-state index < -0.39 is 0 Å². The van der Waals surface area contributed by atoms with Gasteiger partial charge in [0, 0.05) is 23.7 Å². The van der Waals surface area contributed by atoms with Crippen LogP contribution in [-0.4, -0.2) is 22.5 Å². The molecule has 2 rings (SSSR count). The summed E-state index contributed by atoms with van der Waals surface area (Å²) in [5.41, 5.74) is 2.62. The van der Waals surface area contributed by atoms with E-state index in [0.29, 0.717) is 6.04 Å². The Morgan fingerprint density at radius 2 is 2.41 bits per heavy atom. The molecule has 17 heavy (non-hydrogen) atoms. The Hall–Kier alpha value is -0.540. The van der Waals surface area contributed by atoms with Crippen molar-refractivity contribution < 1.29 is 0 Å². The lowest BCUT2D eigenvalue weighted by Crippen LogP contribution is -2.29. The van der Waals surface area contributed by atoms with Gasteiger partial charge in [-0.15, -0.1) is 0 Å². The third-order valence-electron chi connectivity index (χ3n) is 3.21. The summed E-state index contributed by atoms with van der Waals surface area (Å²) in [4.78, 5) is 4.34. The zero-order valence-corrected chi connectivity index (χ0v) is 11.6. The molecule has 1 aromatic heterocycles. The van der Waals surface area contributed by atoms with Gasteiger partial charge in [0.15, 0.2) is 0 Å². The van der Waals surface area contributed by atoms with Gasteiger partial charge in [-0.3, -0.25) is 4.98 Å². The minimum atomic E-state index is 0.481. The van der Waals surface area contributed by atoms with Crippen LogP contribution in [0.3, 0.4) is 0 Å². The summed E-state index contributed by atoms with van der Waals surface area (Å²) in [6.07, 6.45) is 7.84. The molecular formula is C14H22N2S. The predicted octanol–water partition coefficient (Wildman–Crippen LogP) is 3.33. The molecule has 0 bridgehead atoms. The number of thioether (sulfide) groups is 1. The molecule has 1 fully saturated rings. The summed E-state index contributed by atoms with van der Waals surface area (Å²) in [6.45, 7) is 5.44. The highest BCUT2D eigenvalue weighted by Gasteiger charge is 2.26. The van der Waals surface area contributed by atoms with E-state index in [4.69, 9.17) is 0 Å². The first kappa shape index (κ1) is 12.9. The maximum atomic E-state index is 4.34. The van der Waals surface area contributed by atoms with E-state index in [-0.39, 0.29) is 0 Å². The molecule has 2 heterocycles. The zero-order chi connectivity index (χ0) is 12.1. The molecule has 2 atom stereocenters. The summed E-state index contributed by atoms with van der Waals surface area (Å²) in [5.74, 6) is 1.31. The van der Waals surface area contributed by atoms with Gasteiger partial charge in [0.25, 0.3) is 0 Å². The maximum absolute atomic E-state index is 4.34. The zero-order valence-electron chi connectivity index (χ0n) is 10.8. The third-order valence-corrected chi connectivity index (χ3v) is 4.67. The molecule has 1 saturated heterocycles. The molecule has 0 aliphatic carbocycles. The van der Waals surface area contributed by atoms with Gasteiger partial charge < -0.3 is 5.32 Å². The van der Waals surface area contributed by atoms with Gasteiger partial charge in [-0.1, -0.05) is 13.0 Å². The third kappa shape index (κ3) is 3.46. The molecular weight excluding hydrogens is 228 g/mol. The van der Waals surface area contributed by atoms with E-state index >= 15 is 0 Å². The van der Waals surface area contributed by atoms with Crippen LogP contribution in [0.4, 0.5) is 0 Å². The quantitative estimate of drug-likeness (QED) is 0.867. The highest BCUT2D eigenvalue weighted by Crippen LogP contribution is 2.35. The molecule has 0 aromatic carbocycles. The lowest BCUT2D eigenvalue weighted by atomic mass is 10.0. The minimum absolute atomic E-state index is 0.481. The molecule has 94 valence electrons. The van der Waals surface area contributed by atoms with Gasteiger partial charge in [0.1, 0.15) is 0 Å². The Morgan fingerprint density at radius 1 is 1.53 bits per heavy atom. The fourth-order valence-electron chi connectivity index (χ4n) is 2.38. The van der Waals surface area contributed by atoms with Gasteiger partial charge in [-0.25, -0.2) is 0 Å². The second-order valence-electron chi connectivity index (χ2n) is 4.78. The van der Waals surface area contributed by atoms with Crippen molar-refractivity contribution >= 4 is 11.8 Å². The van der Waals surface area contributed by atoms with Crippen LogP contribution in [0.25, 0.3) is 0 Å². The van der Waals surface area contributed by atoms with Crippen LogP contribution in [0, 0.1) is 6.92 Å². The standard InChI is InChI=1S/C14H22N2S/c1-3-6-16-14(13-5-4-7-17-13)12-8-11(2)9-15-10-12/h8-10,13-14,16H,3-7H2,1-2H3. The van der Waals surface area contributed by atoms with Crippen LogP contribution < -0.4 is 5.32 Å².